The maximum Gasteiger partial charge on any atom is 0.139 e. The van der Waals surface area contributed by atoms with Crippen LogP contribution in [0.3, 0.4) is 0 Å². The molecule has 53 heavy (non-hydrogen) atoms. The first kappa shape index (κ1) is 30.2. The van der Waals surface area contributed by atoms with Crippen LogP contribution >= 0.6 is 0 Å². The van der Waals surface area contributed by atoms with Crippen molar-refractivity contribution >= 4 is 54.3 Å². The van der Waals surface area contributed by atoms with Gasteiger partial charge in [0.15, 0.2) is 0 Å². The van der Waals surface area contributed by atoms with Gasteiger partial charge < -0.3 is 4.42 Å². The largest absolute Gasteiger partial charge is 0.456 e. The number of benzene rings is 9. The fourth-order valence-electron chi connectivity index (χ4n) is 8.48. The molecule has 1 aromatic heterocycles. The van der Waals surface area contributed by atoms with E-state index < -0.39 is 0 Å². The van der Waals surface area contributed by atoms with Gasteiger partial charge in [0.25, 0.3) is 0 Å². The number of hydrogen-bond acceptors (Lipinski definition) is 1. The second kappa shape index (κ2) is 12.1. The van der Waals surface area contributed by atoms with Gasteiger partial charge in [0.05, 0.1) is 1.37 Å². The number of para-hydroxylation sites is 1. The molecule has 0 amide bonds. The molecule has 0 aliphatic heterocycles. The topological polar surface area (TPSA) is 13.1 Å². The molecule has 1 nitrogen and oxygen atoms in total. The molecular formula is C52H38O. The third kappa shape index (κ3) is 5.07. The van der Waals surface area contributed by atoms with E-state index in [2.05, 4.69) is 178 Å². The Morgan fingerprint density at radius 1 is 0.434 bits per heavy atom. The van der Waals surface area contributed by atoms with Crippen molar-refractivity contribution in [2.45, 2.75) is 26.2 Å². The van der Waals surface area contributed by atoms with E-state index in [1.165, 1.54) is 71.4 Å². The molecule has 0 saturated carbocycles. The Kier molecular flexibility index (Phi) is 6.88. The zero-order valence-electron chi connectivity index (χ0n) is 31.1. The number of hydrogen-bond donors (Lipinski definition) is 0. The van der Waals surface area contributed by atoms with E-state index in [0.717, 1.165) is 32.9 Å². The van der Waals surface area contributed by atoms with Gasteiger partial charge in [-0.3, -0.25) is 0 Å². The molecule has 10 rings (SSSR count). The molecule has 0 radical (unpaired) electrons. The highest BCUT2D eigenvalue weighted by Gasteiger charge is 2.24. The van der Waals surface area contributed by atoms with Gasteiger partial charge in [-0.1, -0.05) is 178 Å². The van der Waals surface area contributed by atoms with E-state index in [9.17, 15) is 0 Å². The van der Waals surface area contributed by atoms with Crippen molar-refractivity contribution in [3.63, 3.8) is 0 Å². The number of rotatable bonds is 4. The molecule has 0 aliphatic rings. The van der Waals surface area contributed by atoms with E-state index >= 15 is 0 Å². The highest BCUT2D eigenvalue weighted by atomic mass is 16.3. The summed E-state index contributed by atoms with van der Waals surface area (Å²) in [5.41, 5.74) is 12.6. The van der Waals surface area contributed by atoms with E-state index in [1.807, 2.05) is 12.1 Å². The number of fused-ring (bicyclic) bond motifs is 6. The SMILES string of the molecule is [2H]c1ccc2cc(-c3ccccc3-c3c4ccccc4c(-c4cccc(-c5ccc(C(C)(C)C)c6oc7ccccc7c56)c4)c4ccccc34)ccc2c1. The third-order valence-electron chi connectivity index (χ3n) is 10.9. The van der Waals surface area contributed by atoms with Crippen LogP contribution in [0.15, 0.2) is 180 Å². The van der Waals surface area contributed by atoms with Crippen LogP contribution in [0.2, 0.25) is 0 Å². The van der Waals surface area contributed by atoms with Crippen molar-refractivity contribution in [2.24, 2.45) is 0 Å². The van der Waals surface area contributed by atoms with E-state index in [0.29, 0.717) is 6.04 Å². The lowest BCUT2D eigenvalue weighted by Gasteiger charge is -2.21. The second-order valence-corrected chi connectivity index (χ2v) is 15.2. The highest BCUT2D eigenvalue weighted by Crippen LogP contribution is 2.48. The average Bonchev–Trinajstić information content (AvgIpc) is 3.59. The summed E-state index contributed by atoms with van der Waals surface area (Å²) in [6.07, 6.45) is 0. The van der Waals surface area contributed by atoms with Gasteiger partial charge in [0.2, 0.25) is 0 Å². The Morgan fingerprint density at radius 2 is 1.06 bits per heavy atom. The molecule has 10 aromatic rings. The summed E-state index contributed by atoms with van der Waals surface area (Å²) in [5.74, 6) is 0. The highest BCUT2D eigenvalue weighted by molar-refractivity contribution is 6.23. The van der Waals surface area contributed by atoms with Crippen LogP contribution in [0.25, 0.3) is 98.8 Å². The Bertz CT molecular complexity index is 3040. The first-order valence-corrected chi connectivity index (χ1v) is 18.4. The fourth-order valence-corrected chi connectivity index (χ4v) is 8.48. The molecule has 1 heteroatoms. The molecule has 0 atom stereocenters. The van der Waals surface area contributed by atoms with E-state index in [-0.39, 0.29) is 5.41 Å². The first-order valence-electron chi connectivity index (χ1n) is 18.9. The second-order valence-electron chi connectivity index (χ2n) is 15.2. The Balaban J connectivity index is 1.21. The Hall–Kier alpha value is -6.44. The summed E-state index contributed by atoms with van der Waals surface area (Å²) in [4.78, 5) is 0. The van der Waals surface area contributed by atoms with Gasteiger partial charge in [-0.2, -0.15) is 0 Å². The normalized spacial score (nSPS) is 12.3. The summed E-state index contributed by atoms with van der Waals surface area (Å²) >= 11 is 0. The van der Waals surface area contributed by atoms with Crippen molar-refractivity contribution in [3.05, 3.63) is 181 Å². The molecule has 252 valence electrons. The zero-order chi connectivity index (χ0) is 36.6. The molecule has 0 N–H and O–H groups in total. The predicted molar refractivity (Wildman–Crippen MR) is 227 cm³/mol. The van der Waals surface area contributed by atoms with Gasteiger partial charge in [-0.05, 0) is 100 Å². The molecule has 1 heterocycles. The molecular weight excluding hydrogens is 641 g/mol. The number of furan rings is 1. The summed E-state index contributed by atoms with van der Waals surface area (Å²) in [6.45, 7) is 6.76. The van der Waals surface area contributed by atoms with Gasteiger partial charge >= 0.3 is 0 Å². The maximum atomic E-state index is 8.11. The Morgan fingerprint density at radius 3 is 1.79 bits per heavy atom. The minimum Gasteiger partial charge on any atom is -0.456 e. The molecule has 0 bridgehead atoms. The van der Waals surface area contributed by atoms with Crippen LogP contribution in [0.4, 0.5) is 0 Å². The van der Waals surface area contributed by atoms with Crippen LogP contribution < -0.4 is 0 Å². The molecule has 0 spiro atoms. The standard InChI is InChI=1S/C52H38O/c1-52(2,3)46-30-29-39(50-45-25-12-13-26-47(45)53-51(46)50)35-17-14-18-37(32-35)48-41-21-8-10-23-43(41)49(44-24-11-9-22-42(44)48)40-20-7-6-19-38(40)36-28-27-33-15-4-5-16-34(33)31-36/h4-32H,1-3H3/i4D. The summed E-state index contributed by atoms with van der Waals surface area (Å²) < 4.78 is 14.7. The van der Waals surface area contributed by atoms with Gasteiger partial charge in [-0.15, -0.1) is 0 Å². The molecule has 0 aliphatic carbocycles. The van der Waals surface area contributed by atoms with Crippen molar-refractivity contribution in [3.8, 4) is 44.5 Å². The third-order valence-corrected chi connectivity index (χ3v) is 10.9. The van der Waals surface area contributed by atoms with Crippen molar-refractivity contribution in [2.75, 3.05) is 0 Å². The lowest BCUT2D eigenvalue weighted by Crippen LogP contribution is -2.11. The molecule has 9 aromatic carbocycles. The lowest BCUT2D eigenvalue weighted by atomic mass is 9.82. The summed E-state index contributed by atoms with van der Waals surface area (Å²) in [6, 6.07) is 61.6. The molecule has 0 fully saturated rings. The summed E-state index contributed by atoms with van der Waals surface area (Å²) in [7, 11) is 0. The van der Waals surface area contributed by atoms with Crippen molar-refractivity contribution in [1.29, 1.82) is 0 Å². The zero-order valence-corrected chi connectivity index (χ0v) is 30.1. The van der Waals surface area contributed by atoms with E-state index in [4.69, 9.17) is 5.79 Å². The molecule has 0 unspecified atom stereocenters. The Labute approximate surface area is 311 Å². The smallest absolute Gasteiger partial charge is 0.139 e. The van der Waals surface area contributed by atoms with Crippen molar-refractivity contribution < 1.29 is 5.79 Å². The maximum absolute atomic E-state index is 8.11. The fraction of sp³-hybridized carbons (Fsp3) is 0.0769. The van der Waals surface area contributed by atoms with Gasteiger partial charge in [0.1, 0.15) is 11.2 Å². The quantitative estimate of drug-likeness (QED) is 0.169. The minimum atomic E-state index is -0.0642. The molecule has 0 saturated heterocycles. The summed E-state index contributed by atoms with van der Waals surface area (Å²) in [5, 5.41) is 9.43. The van der Waals surface area contributed by atoms with Crippen LogP contribution in [-0.2, 0) is 5.41 Å². The van der Waals surface area contributed by atoms with Crippen LogP contribution in [0.5, 0.6) is 0 Å². The van der Waals surface area contributed by atoms with Crippen molar-refractivity contribution in [1.82, 2.24) is 0 Å². The van der Waals surface area contributed by atoms with E-state index in [1.54, 1.807) is 0 Å². The lowest BCUT2D eigenvalue weighted by molar-refractivity contribution is 0.573. The van der Waals surface area contributed by atoms with Crippen LogP contribution in [0.1, 0.15) is 27.7 Å². The monoisotopic (exact) mass is 679 g/mol. The predicted octanol–water partition coefficient (Wildman–Crippen LogP) is 15.0. The average molecular weight is 680 g/mol. The first-order chi connectivity index (χ1) is 26.3. The van der Waals surface area contributed by atoms with Gasteiger partial charge in [-0.25, -0.2) is 0 Å². The van der Waals surface area contributed by atoms with Crippen LogP contribution in [0, 0.1) is 0 Å². The minimum absolute atomic E-state index is 0.0642. The van der Waals surface area contributed by atoms with Gasteiger partial charge in [0, 0.05) is 16.3 Å². The van der Waals surface area contributed by atoms with Crippen LogP contribution in [-0.4, -0.2) is 0 Å².